The number of hydrogen-bond donors (Lipinski definition) is 3. The average Bonchev–Trinajstić information content (AvgIpc) is 2.43. The summed E-state index contributed by atoms with van der Waals surface area (Å²) in [5.74, 6) is 0.857. The number of nitrogen functional groups attached to an aromatic ring is 1. The fraction of sp³-hybridized carbons (Fsp3) is 0.462. The van der Waals surface area contributed by atoms with E-state index in [9.17, 15) is 5.11 Å². The minimum atomic E-state index is -0.0226. The summed E-state index contributed by atoms with van der Waals surface area (Å²) in [6, 6.07) is 1.82. The molecule has 0 saturated carbocycles. The summed E-state index contributed by atoms with van der Waals surface area (Å²) in [6.45, 7) is 2.19. The van der Waals surface area contributed by atoms with Gasteiger partial charge in [-0.05, 0) is 12.5 Å². The predicted octanol–water partition coefficient (Wildman–Crippen LogP) is 1.57. The van der Waals surface area contributed by atoms with Gasteiger partial charge in [-0.25, -0.2) is 4.98 Å². The summed E-state index contributed by atoms with van der Waals surface area (Å²) in [5.41, 5.74) is 6.39. The van der Waals surface area contributed by atoms with Crippen molar-refractivity contribution in [1.29, 1.82) is 0 Å². The molecule has 0 spiro atoms. The monoisotopic (exact) mass is 261 g/mol. The van der Waals surface area contributed by atoms with E-state index in [1.54, 1.807) is 12.4 Å². The van der Waals surface area contributed by atoms with Crippen molar-refractivity contribution in [2.75, 3.05) is 17.7 Å². The van der Waals surface area contributed by atoms with Crippen LogP contribution in [0.1, 0.15) is 26.2 Å². The van der Waals surface area contributed by atoms with Crippen molar-refractivity contribution in [1.82, 2.24) is 15.0 Å². The number of nitrogens with one attached hydrogen (secondary N) is 1. The third-order valence-electron chi connectivity index (χ3n) is 2.98. The molecule has 0 aromatic carbocycles. The van der Waals surface area contributed by atoms with Crippen LogP contribution in [-0.2, 0) is 0 Å². The molecule has 0 aliphatic rings. The lowest BCUT2D eigenvalue weighted by atomic mass is 10.1. The van der Waals surface area contributed by atoms with Crippen LogP contribution in [-0.4, -0.2) is 32.7 Å². The maximum absolute atomic E-state index is 9.41. The molecule has 102 valence electrons. The molecule has 0 fully saturated rings. The Morgan fingerprint density at radius 2 is 2.26 bits per heavy atom. The number of aromatic nitrogens is 3. The highest BCUT2D eigenvalue weighted by molar-refractivity contribution is 5.89. The number of fused-ring (bicyclic) bond motifs is 1. The highest BCUT2D eigenvalue weighted by atomic mass is 16.3. The number of anilines is 2. The molecule has 0 amide bonds. The molecule has 1 atom stereocenters. The largest absolute Gasteiger partial charge is 0.394 e. The smallest absolute Gasteiger partial charge is 0.222 e. The van der Waals surface area contributed by atoms with Gasteiger partial charge in [0.25, 0.3) is 0 Å². The molecule has 0 aliphatic heterocycles. The van der Waals surface area contributed by atoms with Crippen molar-refractivity contribution in [3.05, 3.63) is 18.5 Å². The second kappa shape index (κ2) is 6.29. The van der Waals surface area contributed by atoms with E-state index in [2.05, 4.69) is 27.2 Å². The fourth-order valence-corrected chi connectivity index (χ4v) is 1.96. The average molecular weight is 261 g/mol. The van der Waals surface area contributed by atoms with Crippen molar-refractivity contribution < 1.29 is 5.11 Å². The first-order chi connectivity index (χ1) is 9.24. The minimum absolute atomic E-state index is 0.0226. The Morgan fingerprint density at radius 3 is 3.00 bits per heavy atom. The van der Waals surface area contributed by atoms with Crippen LogP contribution in [0.25, 0.3) is 10.9 Å². The van der Waals surface area contributed by atoms with E-state index in [0.717, 1.165) is 24.6 Å². The van der Waals surface area contributed by atoms with Gasteiger partial charge in [0.05, 0.1) is 24.4 Å². The van der Waals surface area contributed by atoms with Crippen LogP contribution in [0, 0.1) is 0 Å². The van der Waals surface area contributed by atoms with Crippen LogP contribution in [0.4, 0.5) is 11.8 Å². The first-order valence-electron chi connectivity index (χ1n) is 6.49. The van der Waals surface area contributed by atoms with Gasteiger partial charge in [0.15, 0.2) is 0 Å². The predicted molar refractivity (Wildman–Crippen MR) is 75.8 cm³/mol. The van der Waals surface area contributed by atoms with Gasteiger partial charge < -0.3 is 16.2 Å². The zero-order valence-electron chi connectivity index (χ0n) is 11.0. The Bertz CT molecular complexity index is 546. The number of rotatable bonds is 6. The van der Waals surface area contributed by atoms with Crippen molar-refractivity contribution >= 4 is 22.7 Å². The summed E-state index contributed by atoms with van der Waals surface area (Å²) >= 11 is 0. The molecule has 1 unspecified atom stereocenters. The van der Waals surface area contributed by atoms with Gasteiger partial charge in [-0.2, -0.15) is 4.98 Å². The summed E-state index contributed by atoms with van der Waals surface area (Å²) in [5, 5.41) is 13.5. The normalized spacial score (nSPS) is 12.5. The maximum atomic E-state index is 9.41. The second-order valence-electron chi connectivity index (χ2n) is 4.49. The van der Waals surface area contributed by atoms with Gasteiger partial charge in [0.2, 0.25) is 5.95 Å². The lowest BCUT2D eigenvalue weighted by Crippen LogP contribution is -2.24. The van der Waals surface area contributed by atoms with Crippen molar-refractivity contribution in [3.8, 4) is 0 Å². The highest BCUT2D eigenvalue weighted by Gasteiger charge is 2.11. The van der Waals surface area contributed by atoms with Gasteiger partial charge in [-0.15, -0.1) is 0 Å². The third-order valence-corrected chi connectivity index (χ3v) is 2.98. The molecule has 0 saturated heterocycles. The quantitative estimate of drug-likeness (QED) is 0.730. The van der Waals surface area contributed by atoms with Gasteiger partial charge in [-0.1, -0.05) is 19.8 Å². The van der Waals surface area contributed by atoms with Crippen molar-refractivity contribution in [3.63, 3.8) is 0 Å². The molecule has 2 rings (SSSR count). The van der Waals surface area contributed by atoms with Crippen LogP contribution in [0.3, 0.4) is 0 Å². The Morgan fingerprint density at radius 1 is 1.42 bits per heavy atom. The summed E-state index contributed by atoms with van der Waals surface area (Å²) in [4.78, 5) is 12.4. The van der Waals surface area contributed by atoms with Crippen molar-refractivity contribution in [2.45, 2.75) is 32.2 Å². The minimum Gasteiger partial charge on any atom is -0.394 e. The number of aliphatic hydroxyl groups is 1. The van der Waals surface area contributed by atoms with E-state index in [1.165, 1.54) is 0 Å². The molecule has 2 aromatic heterocycles. The summed E-state index contributed by atoms with van der Waals surface area (Å²) in [7, 11) is 0. The van der Waals surface area contributed by atoms with E-state index in [-0.39, 0.29) is 18.6 Å². The molecule has 2 heterocycles. The van der Waals surface area contributed by atoms with Crippen LogP contribution in [0.5, 0.6) is 0 Å². The SMILES string of the molecule is CCCCC(CO)Nc1nc(N)nc2cnccc12. The molecule has 0 radical (unpaired) electrons. The number of pyridine rings is 1. The molecule has 6 nitrogen and oxygen atoms in total. The fourth-order valence-electron chi connectivity index (χ4n) is 1.96. The Labute approximate surface area is 112 Å². The zero-order chi connectivity index (χ0) is 13.7. The van der Waals surface area contributed by atoms with Gasteiger partial charge >= 0.3 is 0 Å². The molecule has 6 heteroatoms. The lowest BCUT2D eigenvalue weighted by molar-refractivity contribution is 0.267. The molecular weight excluding hydrogens is 242 g/mol. The molecule has 0 bridgehead atoms. The molecule has 4 N–H and O–H groups in total. The van der Waals surface area contributed by atoms with E-state index < -0.39 is 0 Å². The van der Waals surface area contributed by atoms with E-state index >= 15 is 0 Å². The second-order valence-corrected chi connectivity index (χ2v) is 4.49. The number of nitrogens with zero attached hydrogens (tertiary/aromatic N) is 3. The number of nitrogens with two attached hydrogens (primary N) is 1. The standard InChI is InChI=1S/C13H19N5O/c1-2-3-4-9(8-19)16-12-10-5-6-15-7-11(10)17-13(14)18-12/h5-7,9,19H,2-4,8H2,1H3,(H3,14,16,17,18). The number of aliphatic hydroxyl groups excluding tert-OH is 1. The first-order valence-corrected chi connectivity index (χ1v) is 6.49. The number of unbranched alkanes of at least 4 members (excludes halogenated alkanes) is 1. The molecule has 0 aliphatic carbocycles. The van der Waals surface area contributed by atoms with Crippen LogP contribution in [0.15, 0.2) is 18.5 Å². The Hall–Kier alpha value is -1.95. The molecule has 19 heavy (non-hydrogen) atoms. The van der Waals surface area contributed by atoms with E-state index in [1.807, 2.05) is 6.07 Å². The third kappa shape index (κ3) is 3.29. The van der Waals surface area contributed by atoms with Gasteiger partial charge in [-0.3, -0.25) is 4.98 Å². The van der Waals surface area contributed by atoms with Crippen LogP contribution >= 0.6 is 0 Å². The highest BCUT2D eigenvalue weighted by Crippen LogP contribution is 2.21. The Balaban J connectivity index is 2.28. The van der Waals surface area contributed by atoms with Crippen LogP contribution in [0.2, 0.25) is 0 Å². The zero-order valence-corrected chi connectivity index (χ0v) is 11.0. The van der Waals surface area contributed by atoms with Gasteiger partial charge in [0.1, 0.15) is 5.82 Å². The molecule has 2 aromatic rings. The summed E-state index contributed by atoms with van der Waals surface area (Å²) < 4.78 is 0. The topological polar surface area (TPSA) is 97.0 Å². The maximum Gasteiger partial charge on any atom is 0.222 e. The van der Waals surface area contributed by atoms with Crippen molar-refractivity contribution in [2.24, 2.45) is 0 Å². The Kier molecular flexibility index (Phi) is 4.46. The molecular formula is C13H19N5O. The van der Waals surface area contributed by atoms with Gasteiger partial charge in [0, 0.05) is 11.6 Å². The first kappa shape index (κ1) is 13.5. The van der Waals surface area contributed by atoms with E-state index in [0.29, 0.717) is 11.3 Å². The van der Waals surface area contributed by atoms with E-state index in [4.69, 9.17) is 5.73 Å². The lowest BCUT2D eigenvalue weighted by Gasteiger charge is -2.17. The summed E-state index contributed by atoms with van der Waals surface area (Å²) in [6.07, 6.45) is 6.38. The van der Waals surface area contributed by atoms with Crippen LogP contribution < -0.4 is 11.1 Å². The number of hydrogen-bond acceptors (Lipinski definition) is 6.